The maximum absolute atomic E-state index is 12.4. The molecule has 0 spiro atoms. The highest BCUT2D eigenvalue weighted by atomic mass is 79.9. The fourth-order valence-corrected chi connectivity index (χ4v) is 3.46. The van der Waals surface area contributed by atoms with Crippen molar-refractivity contribution >= 4 is 26.0 Å². The van der Waals surface area contributed by atoms with E-state index >= 15 is 0 Å². The lowest BCUT2D eigenvalue weighted by Crippen LogP contribution is -2.27. The quantitative estimate of drug-likeness (QED) is 0.846. The number of aromatic nitrogens is 2. The summed E-state index contributed by atoms with van der Waals surface area (Å²) in [6.45, 7) is -0.151. The Balaban J connectivity index is 2.26. The Kier molecular flexibility index (Phi) is 4.59. The Labute approximate surface area is 125 Å². The highest BCUT2D eigenvalue weighted by molar-refractivity contribution is 9.10. The van der Waals surface area contributed by atoms with Gasteiger partial charge in [-0.15, -0.1) is 0 Å². The topological polar surface area (TPSA) is 86.3 Å². The van der Waals surface area contributed by atoms with Crippen molar-refractivity contribution in [3.05, 3.63) is 46.1 Å². The summed E-state index contributed by atoms with van der Waals surface area (Å²) in [5.74, 6) is 0. The molecule has 0 aliphatic rings. The van der Waals surface area contributed by atoms with Gasteiger partial charge in [0.2, 0.25) is 0 Å². The van der Waals surface area contributed by atoms with Crippen LogP contribution in [0.4, 0.5) is 0 Å². The van der Waals surface area contributed by atoms with Crippen molar-refractivity contribution in [3.8, 4) is 0 Å². The van der Waals surface area contributed by atoms with Gasteiger partial charge in [0.25, 0.3) is 10.0 Å². The van der Waals surface area contributed by atoms with Gasteiger partial charge in [-0.05, 0) is 17.7 Å². The number of nitrogens with one attached hydrogen (secondary N) is 1. The number of halogens is 1. The third kappa shape index (κ3) is 3.09. The summed E-state index contributed by atoms with van der Waals surface area (Å²) < 4.78 is 26.9. The van der Waals surface area contributed by atoms with Crippen LogP contribution in [0, 0.1) is 0 Å². The van der Waals surface area contributed by atoms with Crippen molar-refractivity contribution in [2.75, 3.05) is 7.05 Å². The summed E-state index contributed by atoms with van der Waals surface area (Å²) in [6.07, 6.45) is 1.31. The van der Waals surface area contributed by atoms with E-state index in [2.05, 4.69) is 26.1 Å². The summed E-state index contributed by atoms with van der Waals surface area (Å²) >= 11 is 3.35. The number of hydrogen-bond donors (Lipinski definition) is 2. The van der Waals surface area contributed by atoms with Crippen molar-refractivity contribution < 1.29 is 13.5 Å². The summed E-state index contributed by atoms with van der Waals surface area (Å²) in [7, 11) is -2.23. The van der Waals surface area contributed by atoms with E-state index in [1.807, 2.05) is 24.3 Å². The van der Waals surface area contributed by atoms with Crippen LogP contribution in [0.15, 0.2) is 40.0 Å². The molecule has 0 radical (unpaired) electrons. The number of nitrogens with zero attached hydrogens (tertiary/aromatic N) is 2. The predicted molar refractivity (Wildman–Crippen MR) is 77.3 cm³/mol. The first-order chi connectivity index (χ1) is 9.45. The van der Waals surface area contributed by atoms with Crippen molar-refractivity contribution in [2.24, 2.45) is 0 Å². The zero-order chi connectivity index (χ0) is 14.8. The van der Waals surface area contributed by atoms with Crippen LogP contribution in [0.1, 0.15) is 11.1 Å². The van der Waals surface area contributed by atoms with Gasteiger partial charge in [0.15, 0.2) is 5.03 Å². The van der Waals surface area contributed by atoms with E-state index in [-0.39, 0.29) is 23.7 Å². The Morgan fingerprint density at radius 1 is 1.45 bits per heavy atom. The van der Waals surface area contributed by atoms with Crippen molar-refractivity contribution in [1.29, 1.82) is 0 Å². The van der Waals surface area contributed by atoms with Crippen molar-refractivity contribution in [3.63, 3.8) is 0 Å². The smallest absolute Gasteiger partial charge is 0.260 e. The average Bonchev–Trinajstić information content (AvgIpc) is 2.87. The van der Waals surface area contributed by atoms with Crippen LogP contribution >= 0.6 is 15.9 Å². The molecule has 2 N–H and O–H groups in total. The van der Waals surface area contributed by atoms with Crippen LogP contribution in [0.5, 0.6) is 0 Å². The number of hydrogen-bond acceptors (Lipinski definition) is 4. The molecule has 6 nitrogen and oxygen atoms in total. The maximum Gasteiger partial charge on any atom is 0.260 e. The highest BCUT2D eigenvalue weighted by Crippen LogP contribution is 2.19. The van der Waals surface area contributed by atoms with Gasteiger partial charge in [0, 0.05) is 23.6 Å². The van der Waals surface area contributed by atoms with Crippen LogP contribution in [-0.4, -0.2) is 35.1 Å². The molecule has 8 heteroatoms. The van der Waals surface area contributed by atoms with E-state index < -0.39 is 10.0 Å². The van der Waals surface area contributed by atoms with Crippen LogP contribution in [-0.2, 0) is 23.2 Å². The third-order valence-corrected chi connectivity index (χ3v) is 5.12. The third-order valence-electron chi connectivity index (χ3n) is 2.81. The zero-order valence-corrected chi connectivity index (χ0v) is 13.1. The van der Waals surface area contributed by atoms with E-state index in [1.54, 1.807) is 0 Å². The molecule has 0 aliphatic heterocycles. The summed E-state index contributed by atoms with van der Waals surface area (Å²) in [4.78, 5) is 0. The van der Waals surface area contributed by atoms with Gasteiger partial charge < -0.3 is 5.11 Å². The standard InChI is InChI=1S/C12H14BrN3O3S/c1-16(7-9-3-2-4-11(13)5-9)20(18,19)12-10(8-17)6-14-15-12/h2-6,17H,7-8H2,1H3,(H,14,15). The second-order valence-electron chi connectivity index (χ2n) is 4.27. The van der Waals surface area contributed by atoms with E-state index in [1.165, 1.54) is 17.5 Å². The minimum Gasteiger partial charge on any atom is -0.392 e. The SMILES string of the molecule is CN(Cc1cccc(Br)c1)S(=O)(=O)c1[nH]ncc1CO. The molecule has 0 saturated carbocycles. The van der Waals surface area contributed by atoms with Gasteiger partial charge in [0.05, 0.1) is 12.8 Å². The monoisotopic (exact) mass is 359 g/mol. The van der Waals surface area contributed by atoms with Gasteiger partial charge in [-0.25, -0.2) is 8.42 Å². The molecule has 0 saturated heterocycles. The van der Waals surface area contributed by atoms with E-state index in [0.717, 1.165) is 10.0 Å². The molecule has 2 aromatic rings. The number of sulfonamides is 1. The largest absolute Gasteiger partial charge is 0.392 e. The van der Waals surface area contributed by atoms with Crippen molar-refractivity contribution in [2.45, 2.75) is 18.2 Å². The van der Waals surface area contributed by atoms with Crippen molar-refractivity contribution in [1.82, 2.24) is 14.5 Å². The number of aliphatic hydroxyl groups is 1. The molecule has 1 aromatic heterocycles. The van der Waals surface area contributed by atoms with Gasteiger partial charge in [-0.2, -0.15) is 9.40 Å². The summed E-state index contributed by atoms with van der Waals surface area (Å²) in [5.41, 5.74) is 1.11. The molecule has 108 valence electrons. The number of benzene rings is 1. The minimum atomic E-state index is -3.71. The molecule has 0 atom stereocenters. The summed E-state index contributed by atoms with van der Waals surface area (Å²) in [6, 6.07) is 7.41. The first kappa shape index (κ1) is 15.2. The maximum atomic E-state index is 12.4. The van der Waals surface area contributed by atoms with Gasteiger partial charge in [-0.3, -0.25) is 5.10 Å². The van der Waals surface area contributed by atoms with E-state index in [4.69, 9.17) is 5.11 Å². The number of H-pyrrole nitrogens is 1. The fraction of sp³-hybridized carbons (Fsp3) is 0.250. The fourth-order valence-electron chi connectivity index (χ4n) is 1.77. The lowest BCUT2D eigenvalue weighted by atomic mass is 10.2. The molecular weight excluding hydrogens is 346 g/mol. The molecule has 1 aromatic carbocycles. The molecule has 0 fully saturated rings. The Bertz CT molecular complexity index is 699. The predicted octanol–water partition coefficient (Wildman–Crippen LogP) is 1.49. The number of aliphatic hydroxyl groups excluding tert-OH is 1. The molecule has 0 bridgehead atoms. The second-order valence-corrected chi connectivity index (χ2v) is 7.17. The van der Waals surface area contributed by atoms with Gasteiger partial charge in [0.1, 0.15) is 0 Å². The Morgan fingerprint density at radius 3 is 2.85 bits per heavy atom. The number of aromatic amines is 1. The normalized spacial score (nSPS) is 12.0. The lowest BCUT2D eigenvalue weighted by molar-refractivity contribution is 0.278. The van der Waals surface area contributed by atoms with Crippen LogP contribution < -0.4 is 0 Å². The van der Waals surface area contributed by atoms with E-state index in [9.17, 15) is 8.42 Å². The minimum absolute atomic E-state index is 0.0718. The Morgan fingerprint density at radius 2 is 2.20 bits per heavy atom. The van der Waals surface area contributed by atoms with E-state index in [0.29, 0.717) is 0 Å². The second kappa shape index (κ2) is 6.04. The molecule has 2 rings (SSSR count). The Hall–Kier alpha value is -1.22. The van der Waals surface area contributed by atoms with Crippen LogP contribution in [0.2, 0.25) is 0 Å². The highest BCUT2D eigenvalue weighted by Gasteiger charge is 2.25. The molecule has 0 aliphatic carbocycles. The average molecular weight is 360 g/mol. The first-order valence-corrected chi connectivity index (χ1v) is 8.02. The molecule has 1 heterocycles. The zero-order valence-electron chi connectivity index (χ0n) is 10.7. The van der Waals surface area contributed by atoms with Crippen LogP contribution in [0.3, 0.4) is 0 Å². The molecular formula is C12H14BrN3O3S. The molecule has 0 amide bonds. The van der Waals surface area contributed by atoms with Gasteiger partial charge >= 0.3 is 0 Å². The number of rotatable bonds is 5. The first-order valence-electron chi connectivity index (χ1n) is 5.79. The molecule has 0 unspecified atom stereocenters. The molecule has 20 heavy (non-hydrogen) atoms. The lowest BCUT2D eigenvalue weighted by Gasteiger charge is -2.17. The van der Waals surface area contributed by atoms with Gasteiger partial charge in [-0.1, -0.05) is 28.1 Å². The summed E-state index contributed by atoms with van der Waals surface area (Å²) in [5, 5.41) is 15.1. The van der Waals surface area contributed by atoms with Crippen LogP contribution in [0.25, 0.3) is 0 Å².